The lowest BCUT2D eigenvalue weighted by Gasteiger charge is -2.40. The first kappa shape index (κ1) is 24.6. The molecule has 7 heteroatoms. The molecule has 2 aliphatic rings. The van der Waals surface area contributed by atoms with Crippen molar-refractivity contribution >= 4 is 16.7 Å². The van der Waals surface area contributed by atoms with Crippen LogP contribution >= 0.6 is 0 Å². The second-order valence-electron chi connectivity index (χ2n) is 10.4. The molecular weight excluding hydrogens is 491 g/mol. The van der Waals surface area contributed by atoms with Gasteiger partial charge in [0.25, 0.3) is 0 Å². The summed E-state index contributed by atoms with van der Waals surface area (Å²) in [6.45, 7) is 1.59. The fourth-order valence-corrected chi connectivity index (χ4v) is 6.27. The molecule has 4 aromatic carbocycles. The minimum atomic E-state index is -4.41. The number of rotatable bonds is 4. The van der Waals surface area contributed by atoms with Crippen LogP contribution in [-0.2, 0) is 11.8 Å². The highest BCUT2D eigenvalue weighted by Gasteiger charge is 2.51. The van der Waals surface area contributed by atoms with Gasteiger partial charge in [0.2, 0.25) is 0 Å². The van der Waals surface area contributed by atoms with Crippen molar-refractivity contribution in [2.24, 2.45) is 11.8 Å². The van der Waals surface area contributed by atoms with Crippen molar-refractivity contribution in [1.29, 1.82) is 0 Å². The Balaban J connectivity index is 1.40. The van der Waals surface area contributed by atoms with Crippen molar-refractivity contribution in [3.05, 3.63) is 95.6 Å². The third-order valence-corrected chi connectivity index (χ3v) is 8.29. The van der Waals surface area contributed by atoms with Crippen molar-refractivity contribution in [1.82, 2.24) is 5.32 Å². The van der Waals surface area contributed by atoms with Gasteiger partial charge in [-0.25, -0.2) is 4.79 Å². The third-order valence-electron chi connectivity index (χ3n) is 8.29. The van der Waals surface area contributed by atoms with Gasteiger partial charge in [0.05, 0.1) is 16.7 Å². The molecule has 4 nitrogen and oxygen atoms in total. The van der Waals surface area contributed by atoms with Gasteiger partial charge in [0.1, 0.15) is 0 Å². The maximum atomic E-state index is 13.0. The molecule has 0 spiro atoms. The first-order valence-electron chi connectivity index (χ1n) is 12.7. The molecule has 1 saturated heterocycles. The Kier molecular flexibility index (Phi) is 5.81. The first-order valence-corrected chi connectivity index (χ1v) is 12.7. The standard InChI is InChI=1S/C31H26F3NO3/c32-31(33,34)24-8-1-18(2-9-24)20-5-12-27-21(13-20)14-22(29(36)37)15-28(27)19-3-6-23(7-4-19)30(38)25-10-11-26(30)17-35-16-25/h1-9,12-15,25-26,35,38H,10-11,16-17H2,(H,36,37)/t25-,26-/m0/s1. The van der Waals surface area contributed by atoms with E-state index in [1.165, 1.54) is 12.1 Å². The summed E-state index contributed by atoms with van der Waals surface area (Å²) in [6, 6.07) is 21.4. The molecule has 1 heterocycles. The van der Waals surface area contributed by atoms with Crippen molar-refractivity contribution in [3.8, 4) is 22.3 Å². The number of hydrogen-bond acceptors (Lipinski definition) is 3. The number of carboxylic acids is 1. The second-order valence-corrected chi connectivity index (χ2v) is 10.4. The summed E-state index contributed by atoms with van der Waals surface area (Å²) in [5.74, 6) is -0.718. The summed E-state index contributed by atoms with van der Waals surface area (Å²) < 4.78 is 38.9. The maximum Gasteiger partial charge on any atom is 0.416 e. The molecule has 0 radical (unpaired) electrons. The highest BCUT2D eigenvalue weighted by Crippen LogP contribution is 2.49. The molecule has 194 valence electrons. The van der Waals surface area contributed by atoms with Crippen molar-refractivity contribution in [3.63, 3.8) is 0 Å². The topological polar surface area (TPSA) is 69.6 Å². The number of carboxylic acid groups (broad SMARTS) is 1. The molecule has 1 aliphatic carbocycles. The zero-order valence-corrected chi connectivity index (χ0v) is 20.4. The van der Waals surface area contributed by atoms with E-state index in [9.17, 15) is 28.2 Å². The number of carbonyl (C=O) groups is 1. The number of piperidine rings is 1. The van der Waals surface area contributed by atoms with E-state index in [-0.39, 0.29) is 17.4 Å². The summed E-state index contributed by atoms with van der Waals surface area (Å²) in [4.78, 5) is 12.0. The van der Waals surface area contributed by atoms with Crippen LogP contribution in [0.15, 0.2) is 78.9 Å². The number of aromatic carboxylic acids is 1. The van der Waals surface area contributed by atoms with Crippen LogP contribution in [0.4, 0.5) is 13.2 Å². The normalized spacial score (nSPS) is 23.1. The number of benzene rings is 4. The van der Waals surface area contributed by atoms with Crippen LogP contribution in [-0.4, -0.2) is 29.3 Å². The molecule has 2 atom stereocenters. The number of alkyl halides is 3. The zero-order valence-electron chi connectivity index (χ0n) is 20.4. The minimum Gasteiger partial charge on any atom is -0.478 e. The Hall–Kier alpha value is -3.68. The molecule has 38 heavy (non-hydrogen) atoms. The first-order chi connectivity index (χ1) is 18.1. The van der Waals surface area contributed by atoms with Gasteiger partial charge in [-0.3, -0.25) is 0 Å². The lowest BCUT2D eigenvalue weighted by molar-refractivity contribution is -0.137. The van der Waals surface area contributed by atoms with Crippen LogP contribution < -0.4 is 5.32 Å². The Labute approximate surface area is 217 Å². The third kappa shape index (κ3) is 4.06. The van der Waals surface area contributed by atoms with Crippen molar-refractivity contribution < 1.29 is 28.2 Å². The quantitative estimate of drug-likeness (QED) is 0.282. The van der Waals surface area contributed by atoms with Crippen LogP contribution in [0.3, 0.4) is 0 Å². The fourth-order valence-electron chi connectivity index (χ4n) is 6.27. The highest BCUT2D eigenvalue weighted by atomic mass is 19.4. The Morgan fingerprint density at radius 1 is 0.816 bits per heavy atom. The molecule has 2 fully saturated rings. The lowest BCUT2D eigenvalue weighted by Crippen LogP contribution is -2.49. The van der Waals surface area contributed by atoms with Gasteiger partial charge in [0.15, 0.2) is 0 Å². The Morgan fingerprint density at radius 2 is 1.42 bits per heavy atom. The molecule has 0 amide bonds. The largest absolute Gasteiger partial charge is 0.478 e. The van der Waals surface area contributed by atoms with E-state index in [0.717, 1.165) is 60.1 Å². The molecule has 6 rings (SSSR count). The number of halogens is 3. The number of aliphatic hydroxyl groups is 1. The molecule has 1 aliphatic heterocycles. The molecule has 4 aromatic rings. The predicted octanol–water partition coefficient (Wildman–Crippen LogP) is 6.71. The van der Waals surface area contributed by atoms with Gasteiger partial charge < -0.3 is 15.5 Å². The molecule has 0 unspecified atom stereocenters. The molecule has 1 saturated carbocycles. The minimum absolute atomic E-state index is 0.121. The van der Waals surface area contributed by atoms with Crippen molar-refractivity contribution in [2.75, 3.05) is 13.1 Å². The van der Waals surface area contributed by atoms with Gasteiger partial charge in [0, 0.05) is 24.9 Å². The zero-order chi connectivity index (χ0) is 26.7. The van der Waals surface area contributed by atoms with E-state index in [4.69, 9.17) is 0 Å². The van der Waals surface area contributed by atoms with E-state index in [2.05, 4.69) is 5.32 Å². The average Bonchev–Trinajstić information content (AvgIpc) is 3.07. The summed E-state index contributed by atoms with van der Waals surface area (Å²) in [5.41, 5.74) is 2.30. The number of fused-ring (bicyclic) bond motifs is 3. The van der Waals surface area contributed by atoms with Crippen LogP contribution in [0, 0.1) is 11.8 Å². The van der Waals surface area contributed by atoms with Gasteiger partial charge in [-0.2, -0.15) is 13.2 Å². The van der Waals surface area contributed by atoms with Crippen LogP contribution in [0.1, 0.15) is 34.3 Å². The van der Waals surface area contributed by atoms with Crippen LogP contribution in [0.25, 0.3) is 33.0 Å². The maximum absolute atomic E-state index is 13.0. The van der Waals surface area contributed by atoms with Crippen LogP contribution in [0.2, 0.25) is 0 Å². The highest BCUT2D eigenvalue weighted by molar-refractivity contribution is 6.04. The van der Waals surface area contributed by atoms with Crippen molar-refractivity contribution in [2.45, 2.75) is 24.6 Å². The fraction of sp³-hybridized carbons (Fsp3) is 0.258. The smallest absolute Gasteiger partial charge is 0.416 e. The SMILES string of the molecule is O=C(O)c1cc(-c2ccc(C3(O)[C@H]4CC[C@H]3CNC4)cc2)c2ccc(-c3ccc(C(F)(F)F)cc3)cc2c1. The molecule has 0 aromatic heterocycles. The Morgan fingerprint density at radius 3 is 2.03 bits per heavy atom. The van der Waals surface area contributed by atoms with Gasteiger partial charge in [-0.15, -0.1) is 0 Å². The lowest BCUT2D eigenvalue weighted by atomic mass is 9.75. The van der Waals surface area contributed by atoms with Gasteiger partial charge in [-0.05, 0) is 81.8 Å². The number of nitrogens with one attached hydrogen (secondary N) is 1. The summed E-state index contributed by atoms with van der Waals surface area (Å²) in [5, 5.41) is 26.3. The van der Waals surface area contributed by atoms with E-state index >= 15 is 0 Å². The van der Waals surface area contributed by atoms with E-state index in [1.54, 1.807) is 18.2 Å². The van der Waals surface area contributed by atoms with E-state index in [1.807, 2.05) is 36.4 Å². The molecule has 2 bridgehead atoms. The summed E-state index contributed by atoms with van der Waals surface area (Å²) >= 11 is 0. The Bertz CT molecular complexity index is 1510. The molecular formula is C31H26F3NO3. The monoisotopic (exact) mass is 517 g/mol. The second kappa shape index (κ2) is 8.96. The predicted molar refractivity (Wildman–Crippen MR) is 140 cm³/mol. The molecule has 3 N–H and O–H groups in total. The van der Waals surface area contributed by atoms with E-state index in [0.29, 0.717) is 16.5 Å². The average molecular weight is 518 g/mol. The summed E-state index contributed by atoms with van der Waals surface area (Å²) in [7, 11) is 0. The summed E-state index contributed by atoms with van der Waals surface area (Å²) in [6.07, 6.45) is -2.43. The van der Waals surface area contributed by atoms with Crippen LogP contribution in [0.5, 0.6) is 0 Å². The van der Waals surface area contributed by atoms with E-state index < -0.39 is 23.3 Å². The van der Waals surface area contributed by atoms with Gasteiger partial charge in [-0.1, -0.05) is 48.5 Å². The number of hydrogen-bond donors (Lipinski definition) is 3. The van der Waals surface area contributed by atoms with Gasteiger partial charge >= 0.3 is 12.1 Å².